The maximum absolute atomic E-state index is 13.3. The summed E-state index contributed by atoms with van der Waals surface area (Å²) < 4.78 is 54.3. The number of halogens is 3. The highest BCUT2D eigenvalue weighted by Gasteiger charge is 2.41. The van der Waals surface area contributed by atoms with Crippen molar-refractivity contribution in [3.63, 3.8) is 0 Å². The first-order chi connectivity index (χ1) is 19.0. The topological polar surface area (TPSA) is 161 Å². The number of hydrogen-bond acceptors (Lipinski definition) is 9. The molecular formula is C26H27F3N6O5. The number of nitrogens with zero attached hydrogens (tertiary/aromatic N) is 1. The molecule has 212 valence electrons. The van der Waals surface area contributed by atoms with Gasteiger partial charge < -0.3 is 25.3 Å². The smallest absolute Gasteiger partial charge is 0.490 e. The van der Waals surface area contributed by atoms with Crippen molar-refractivity contribution in [2.75, 3.05) is 24.0 Å². The van der Waals surface area contributed by atoms with Crippen LogP contribution in [0, 0.1) is 5.41 Å². The highest BCUT2D eigenvalue weighted by atomic mass is 19.4. The molecule has 0 saturated carbocycles. The summed E-state index contributed by atoms with van der Waals surface area (Å²) in [6, 6.07) is 12.3. The molecular weight excluding hydrogens is 533 g/mol. The lowest BCUT2D eigenvalue weighted by atomic mass is 10.0. The number of hydrogen-bond donors (Lipinski definition) is 5. The standard InChI is InChI=1S/C26H27F3N6O5/c1-3-38-18-11-8-15(13-20(18)39-4-2)22(24(36)35-34-21-7-5-6-12-32-21)33-16-9-10-17(23(30)31)19(14-16)40-25(37)26(27,28)29/h5-14,22,33H,3-4H2,1-2H3,(H3,30,31)(H,32,34)(H,35,36). The number of ether oxygens (including phenoxy) is 3. The first-order valence-corrected chi connectivity index (χ1v) is 11.9. The van der Waals surface area contributed by atoms with Crippen LogP contribution in [-0.4, -0.2) is 42.1 Å². The van der Waals surface area contributed by atoms with Crippen LogP contribution < -0.4 is 36.1 Å². The Labute approximate surface area is 227 Å². The number of nitrogens with two attached hydrogens (primary N) is 1. The average Bonchev–Trinajstić information content (AvgIpc) is 2.91. The summed E-state index contributed by atoms with van der Waals surface area (Å²) >= 11 is 0. The minimum Gasteiger partial charge on any atom is -0.490 e. The van der Waals surface area contributed by atoms with Crippen LogP contribution in [0.15, 0.2) is 60.8 Å². The Bertz CT molecular complexity index is 1350. The van der Waals surface area contributed by atoms with Gasteiger partial charge in [0, 0.05) is 18.0 Å². The molecule has 0 fully saturated rings. The Morgan fingerprint density at radius 1 is 1.00 bits per heavy atom. The Hall–Kier alpha value is -5.01. The Morgan fingerprint density at radius 2 is 1.73 bits per heavy atom. The third-order valence-corrected chi connectivity index (χ3v) is 5.16. The molecule has 40 heavy (non-hydrogen) atoms. The van der Waals surface area contributed by atoms with Crippen LogP contribution in [0.3, 0.4) is 0 Å². The summed E-state index contributed by atoms with van der Waals surface area (Å²) in [6.07, 6.45) is -3.76. The summed E-state index contributed by atoms with van der Waals surface area (Å²) in [4.78, 5) is 28.9. The number of carbonyl (C=O) groups excluding carboxylic acids is 2. The maximum atomic E-state index is 13.3. The van der Waals surface area contributed by atoms with Gasteiger partial charge in [-0.2, -0.15) is 13.2 Å². The van der Waals surface area contributed by atoms with Crippen molar-refractivity contribution in [1.82, 2.24) is 10.4 Å². The van der Waals surface area contributed by atoms with Gasteiger partial charge in [0.15, 0.2) is 11.5 Å². The van der Waals surface area contributed by atoms with Gasteiger partial charge in [0.05, 0.1) is 18.8 Å². The third-order valence-electron chi connectivity index (χ3n) is 5.16. The molecule has 0 aliphatic heterocycles. The molecule has 0 aliphatic carbocycles. The fraction of sp³-hybridized carbons (Fsp3) is 0.231. The molecule has 11 nitrogen and oxygen atoms in total. The number of nitrogen functional groups attached to an aromatic ring is 1. The van der Waals surface area contributed by atoms with E-state index in [1.807, 2.05) is 0 Å². The first-order valence-electron chi connectivity index (χ1n) is 11.9. The van der Waals surface area contributed by atoms with Gasteiger partial charge in [-0.05, 0) is 55.8 Å². The number of rotatable bonds is 12. The van der Waals surface area contributed by atoms with E-state index < -0.39 is 35.7 Å². The lowest BCUT2D eigenvalue weighted by Crippen LogP contribution is -2.37. The molecule has 1 atom stereocenters. The van der Waals surface area contributed by atoms with Crippen molar-refractivity contribution in [1.29, 1.82) is 5.41 Å². The van der Waals surface area contributed by atoms with Crippen molar-refractivity contribution in [2.45, 2.75) is 26.1 Å². The number of pyridine rings is 1. The zero-order valence-electron chi connectivity index (χ0n) is 21.5. The molecule has 0 saturated heterocycles. The molecule has 2 aromatic carbocycles. The summed E-state index contributed by atoms with van der Waals surface area (Å²) in [5, 5.41) is 10.5. The highest BCUT2D eigenvalue weighted by molar-refractivity contribution is 5.99. The molecule has 3 aromatic rings. The number of carbonyl (C=O) groups is 2. The van der Waals surface area contributed by atoms with E-state index in [0.717, 1.165) is 6.07 Å². The second-order valence-electron chi connectivity index (χ2n) is 7.99. The van der Waals surface area contributed by atoms with E-state index in [-0.39, 0.29) is 11.3 Å². The van der Waals surface area contributed by atoms with Gasteiger partial charge in [-0.25, -0.2) is 9.78 Å². The fourth-order valence-electron chi connectivity index (χ4n) is 3.43. The quantitative estimate of drug-likeness (QED) is 0.0727. The van der Waals surface area contributed by atoms with Crippen LogP contribution in [0.2, 0.25) is 0 Å². The average molecular weight is 561 g/mol. The molecule has 1 aromatic heterocycles. The first kappa shape index (κ1) is 29.5. The van der Waals surface area contributed by atoms with Crippen molar-refractivity contribution in [2.24, 2.45) is 5.73 Å². The van der Waals surface area contributed by atoms with E-state index in [9.17, 15) is 22.8 Å². The van der Waals surface area contributed by atoms with E-state index in [2.05, 4.69) is 25.9 Å². The molecule has 0 aliphatic rings. The van der Waals surface area contributed by atoms with Crippen LogP contribution >= 0.6 is 0 Å². The third kappa shape index (κ3) is 7.75. The molecule has 1 heterocycles. The second kappa shape index (κ2) is 13.2. The largest absolute Gasteiger partial charge is 0.491 e. The van der Waals surface area contributed by atoms with Crippen molar-refractivity contribution < 1.29 is 37.0 Å². The minimum absolute atomic E-state index is 0.0832. The van der Waals surface area contributed by atoms with E-state index in [0.29, 0.717) is 36.1 Å². The zero-order chi connectivity index (χ0) is 29.3. The number of esters is 1. The zero-order valence-corrected chi connectivity index (χ0v) is 21.5. The Kier molecular flexibility index (Phi) is 9.73. The number of alkyl halides is 3. The molecule has 14 heteroatoms. The Balaban J connectivity index is 1.99. The fourth-order valence-corrected chi connectivity index (χ4v) is 3.43. The van der Waals surface area contributed by atoms with Crippen molar-refractivity contribution >= 4 is 29.2 Å². The van der Waals surface area contributed by atoms with Crippen molar-refractivity contribution in [3.8, 4) is 17.2 Å². The molecule has 0 spiro atoms. The molecule has 1 unspecified atom stereocenters. The summed E-state index contributed by atoms with van der Waals surface area (Å²) in [5.74, 6) is -3.18. The minimum atomic E-state index is -5.28. The van der Waals surface area contributed by atoms with Gasteiger partial charge >= 0.3 is 12.1 Å². The molecule has 3 rings (SSSR count). The van der Waals surface area contributed by atoms with E-state index in [1.54, 1.807) is 50.2 Å². The predicted octanol–water partition coefficient (Wildman–Crippen LogP) is 3.93. The van der Waals surface area contributed by atoms with Gasteiger partial charge in [-0.1, -0.05) is 12.1 Å². The van der Waals surface area contributed by atoms with Crippen LogP contribution in [0.4, 0.5) is 24.7 Å². The SMILES string of the molecule is CCOc1ccc(C(Nc2ccc(C(=N)N)c(OC(=O)C(F)(F)F)c2)C(=O)NNc2ccccn2)cc1OCC. The number of aromatic nitrogens is 1. The summed E-state index contributed by atoms with van der Waals surface area (Å²) in [7, 11) is 0. The van der Waals surface area contributed by atoms with Crippen LogP contribution in [0.5, 0.6) is 17.2 Å². The van der Waals surface area contributed by atoms with Gasteiger partial charge in [0.2, 0.25) is 0 Å². The second-order valence-corrected chi connectivity index (χ2v) is 7.99. The number of amidine groups is 1. The number of hydrazine groups is 1. The predicted molar refractivity (Wildman–Crippen MR) is 140 cm³/mol. The lowest BCUT2D eigenvalue weighted by molar-refractivity contribution is -0.189. The van der Waals surface area contributed by atoms with E-state index in [4.69, 9.17) is 20.6 Å². The molecule has 0 bridgehead atoms. The van der Waals surface area contributed by atoms with E-state index >= 15 is 0 Å². The normalized spacial score (nSPS) is 11.6. The Morgan fingerprint density at radius 3 is 2.35 bits per heavy atom. The molecule has 0 radical (unpaired) electrons. The van der Waals surface area contributed by atoms with Crippen LogP contribution in [0.1, 0.15) is 31.0 Å². The highest BCUT2D eigenvalue weighted by Crippen LogP contribution is 2.33. The van der Waals surface area contributed by atoms with Crippen LogP contribution in [0.25, 0.3) is 0 Å². The lowest BCUT2D eigenvalue weighted by Gasteiger charge is -2.22. The van der Waals surface area contributed by atoms with E-state index in [1.165, 1.54) is 18.3 Å². The summed E-state index contributed by atoms with van der Waals surface area (Å²) in [5.41, 5.74) is 10.9. The van der Waals surface area contributed by atoms with Crippen molar-refractivity contribution in [3.05, 3.63) is 71.9 Å². The number of amides is 1. The van der Waals surface area contributed by atoms with Gasteiger partial charge in [-0.15, -0.1) is 0 Å². The van der Waals surface area contributed by atoms with Gasteiger partial charge in [0.1, 0.15) is 23.4 Å². The number of nitrogens with one attached hydrogen (secondary N) is 4. The van der Waals surface area contributed by atoms with Gasteiger partial charge in [0.25, 0.3) is 5.91 Å². The molecule has 1 amide bonds. The number of benzene rings is 2. The summed E-state index contributed by atoms with van der Waals surface area (Å²) in [6.45, 7) is 4.27. The maximum Gasteiger partial charge on any atom is 0.491 e. The monoisotopic (exact) mass is 560 g/mol. The van der Waals surface area contributed by atoms with Crippen LogP contribution in [-0.2, 0) is 9.59 Å². The number of anilines is 2. The van der Waals surface area contributed by atoms with Gasteiger partial charge in [-0.3, -0.25) is 21.1 Å². The molecule has 6 N–H and O–H groups in total.